The van der Waals surface area contributed by atoms with Crippen molar-refractivity contribution in [2.45, 2.75) is 24.3 Å². The van der Waals surface area contributed by atoms with E-state index in [0.29, 0.717) is 5.56 Å². The lowest BCUT2D eigenvalue weighted by Gasteiger charge is -2.12. The molecule has 0 heterocycles. The van der Waals surface area contributed by atoms with Crippen LogP contribution in [0.2, 0.25) is 0 Å². The van der Waals surface area contributed by atoms with Crippen molar-refractivity contribution in [3.05, 3.63) is 29.8 Å². The largest absolute Gasteiger partial charge is 0.461 e. The molecule has 0 amide bonds. The first kappa shape index (κ1) is 14.0. The molecule has 0 bridgehead atoms. The van der Waals surface area contributed by atoms with Crippen molar-refractivity contribution < 1.29 is 17.9 Å². The van der Waals surface area contributed by atoms with Crippen molar-refractivity contribution in [1.29, 1.82) is 0 Å². The van der Waals surface area contributed by atoms with Crippen LogP contribution in [0.1, 0.15) is 18.4 Å². The van der Waals surface area contributed by atoms with Crippen LogP contribution in [0.25, 0.3) is 0 Å². The van der Waals surface area contributed by atoms with Crippen LogP contribution in [-0.4, -0.2) is 32.8 Å². The Morgan fingerprint density at radius 1 is 1.37 bits per heavy atom. The molecule has 1 aliphatic carbocycles. The van der Waals surface area contributed by atoms with Crippen LogP contribution >= 0.6 is 0 Å². The highest BCUT2D eigenvalue weighted by molar-refractivity contribution is 7.89. The number of esters is 1. The molecule has 0 unspecified atom stereocenters. The van der Waals surface area contributed by atoms with Crippen LogP contribution in [0.5, 0.6) is 0 Å². The molecular weight excluding hydrogens is 266 g/mol. The van der Waals surface area contributed by atoms with Gasteiger partial charge in [-0.25, -0.2) is 12.7 Å². The molecule has 1 aliphatic rings. The quantitative estimate of drug-likeness (QED) is 0.766. The Balaban J connectivity index is 2.08. The number of nitrogens with zero attached hydrogens (tertiary/aromatic N) is 1. The fourth-order valence-corrected chi connectivity index (χ4v) is 2.57. The van der Waals surface area contributed by atoms with Crippen LogP contribution in [0.15, 0.2) is 29.2 Å². The molecule has 1 aromatic carbocycles. The molecule has 0 aliphatic heterocycles. The van der Waals surface area contributed by atoms with Crippen LogP contribution in [-0.2, 0) is 26.2 Å². The predicted octanol–water partition coefficient (Wildman–Crippen LogP) is 1.39. The summed E-state index contributed by atoms with van der Waals surface area (Å²) in [6.07, 6.45) is 1.79. The zero-order chi connectivity index (χ0) is 14.0. The smallest absolute Gasteiger partial charge is 0.309 e. The Morgan fingerprint density at radius 3 is 2.63 bits per heavy atom. The fraction of sp³-hybridized carbons (Fsp3) is 0.462. The molecular formula is C13H17NO4S. The molecule has 0 atom stereocenters. The van der Waals surface area contributed by atoms with Crippen molar-refractivity contribution in [1.82, 2.24) is 4.31 Å². The van der Waals surface area contributed by atoms with E-state index in [0.717, 1.165) is 17.1 Å². The molecule has 0 aromatic heterocycles. The average Bonchev–Trinajstić information content (AvgIpc) is 3.20. The minimum absolute atomic E-state index is 0.0497. The first-order valence-corrected chi connectivity index (χ1v) is 7.53. The highest BCUT2D eigenvalue weighted by Gasteiger charge is 2.31. The molecule has 1 fully saturated rings. The molecule has 104 valence electrons. The van der Waals surface area contributed by atoms with Gasteiger partial charge in [0.2, 0.25) is 10.0 Å². The van der Waals surface area contributed by atoms with Crippen molar-refractivity contribution in [3.8, 4) is 0 Å². The number of rotatable bonds is 5. The number of hydrogen-bond donors (Lipinski definition) is 0. The lowest BCUT2D eigenvalue weighted by molar-refractivity contribution is -0.146. The SMILES string of the molecule is CN(C)S(=O)(=O)c1cccc(COC(=O)C2CC2)c1. The standard InChI is InChI=1S/C13H17NO4S/c1-14(2)19(16,17)12-5-3-4-10(8-12)9-18-13(15)11-6-7-11/h3-5,8,11H,6-7,9H2,1-2H3. The molecule has 5 nitrogen and oxygen atoms in total. The molecule has 0 spiro atoms. The lowest BCUT2D eigenvalue weighted by Crippen LogP contribution is -2.22. The number of carbonyl (C=O) groups is 1. The first-order chi connectivity index (χ1) is 8.91. The minimum atomic E-state index is -3.45. The number of benzene rings is 1. The van der Waals surface area contributed by atoms with Crippen LogP contribution in [0.4, 0.5) is 0 Å². The second-order valence-electron chi connectivity index (χ2n) is 4.82. The summed E-state index contributed by atoms with van der Waals surface area (Å²) in [5.41, 5.74) is 0.678. The van der Waals surface area contributed by atoms with E-state index < -0.39 is 10.0 Å². The number of ether oxygens (including phenoxy) is 1. The van der Waals surface area contributed by atoms with Crippen LogP contribution in [0, 0.1) is 5.92 Å². The van der Waals surface area contributed by atoms with E-state index in [4.69, 9.17) is 4.74 Å². The van der Waals surface area contributed by atoms with E-state index in [1.165, 1.54) is 26.2 Å². The lowest BCUT2D eigenvalue weighted by atomic mass is 10.2. The summed E-state index contributed by atoms with van der Waals surface area (Å²) in [7, 11) is -0.487. The molecule has 2 rings (SSSR count). The maximum absolute atomic E-state index is 12.0. The molecule has 1 saturated carbocycles. The van der Waals surface area contributed by atoms with Gasteiger partial charge in [0.05, 0.1) is 10.8 Å². The van der Waals surface area contributed by atoms with Gasteiger partial charge in [0.25, 0.3) is 0 Å². The summed E-state index contributed by atoms with van der Waals surface area (Å²) in [4.78, 5) is 11.6. The van der Waals surface area contributed by atoms with E-state index in [1.54, 1.807) is 12.1 Å². The Hall–Kier alpha value is -1.40. The van der Waals surface area contributed by atoms with E-state index in [2.05, 4.69) is 0 Å². The third-order valence-corrected chi connectivity index (χ3v) is 4.78. The normalized spacial score (nSPS) is 15.5. The minimum Gasteiger partial charge on any atom is -0.461 e. The molecule has 1 aromatic rings. The second-order valence-corrected chi connectivity index (χ2v) is 6.97. The topological polar surface area (TPSA) is 63.7 Å². The average molecular weight is 283 g/mol. The van der Waals surface area contributed by atoms with E-state index >= 15 is 0 Å². The summed E-state index contributed by atoms with van der Waals surface area (Å²) < 4.78 is 30.2. The van der Waals surface area contributed by atoms with Crippen LogP contribution in [0.3, 0.4) is 0 Å². The highest BCUT2D eigenvalue weighted by atomic mass is 32.2. The summed E-state index contributed by atoms with van der Waals surface area (Å²) in [5, 5.41) is 0. The highest BCUT2D eigenvalue weighted by Crippen LogP contribution is 2.30. The summed E-state index contributed by atoms with van der Waals surface area (Å²) >= 11 is 0. The number of sulfonamides is 1. The monoisotopic (exact) mass is 283 g/mol. The van der Waals surface area contributed by atoms with Gasteiger partial charge in [-0.15, -0.1) is 0 Å². The van der Waals surface area contributed by atoms with Gasteiger partial charge in [-0.05, 0) is 30.5 Å². The van der Waals surface area contributed by atoms with Crippen LogP contribution < -0.4 is 0 Å². The zero-order valence-electron chi connectivity index (χ0n) is 11.0. The third-order valence-electron chi connectivity index (χ3n) is 2.97. The fourth-order valence-electron chi connectivity index (χ4n) is 1.60. The summed E-state index contributed by atoms with van der Waals surface area (Å²) in [5.74, 6) is -0.144. The molecule has 19 heavy (non-hydrogen) atoms. The van der Waals surface area contributed by atoms with Crippen molar-refractivity contribution in [2.24, 2.45) is 5.92 Å². The van der Waals surface area contributed by atoms with Gasteiger partial charge in [-0.2, -0.15) is 0 Å². The predicted molar refractivity (Wildman–Crippen MR) is 69.8 cm³/mol. The van der Waals surface area contributed by atoms with Gasteiger partial charge in [0, 0.05) is 14.1 Å². The summed E-state index contributed by atoms with van der Waals surface area (Å²) in [6, 6.07) is 6.46. The van der Waals surface area contributed by atoms with E-state index in [9.17, 15) is 13.2 Å². The first-order valence-electron chi connectivity index (χ1n) is 6.09. The number of carbonyl (C=O) groups excluding carboxylic acids is 1. The Morgan fingerprint density at radius 2 is 2.05 bits per heavy atom. The molecule has 6 heteroatoms. The Bertz CT molecular complexity index is 576. The zero-order valence-corrected chi connectivity index (χ0v) is 11.8. The van der Waals surface area contributed by atoms with Gasteiger partial charge in [0.1, 0.15) is 6.61 Å². The van der Waals surface area contributed by atoms with Crippen molar-refractivity contribution in [2.75, 3.05) is 14.1 Å². The second kappa shape index (κ2) is 5.30. The van der Waals surface area contributed by atoms with Gasteiger partial charge in [-0.1, -0.05) is 12.1 Å². The van der Waals surface area contributed by atoms with Gasteiger partial charge in [0.15, 0.2) is 0 Å². The Kier molecular flexibility index (Phi) is 3.91. The number of hydrogen-bond acceptors (Lipinski definition) is 4. The maximum atomic E-state index is 12.0. The molecule has 0 saturated heterocycles. The molecule has 0 radical (unpaired) electrons. The Labute approximate surface area is 113 Å². The van der Waals surface area contributed by atoms with Gasteiger partial charge < -0.3 is 4.74 Å². The van der Waals surface area contributed by atoms with Gasteiger partial charge >= 0.3 is 5.97 Å². The van der Waals surface area contributed by atoms with E-state index in [1.807, 2.05) is 0 Å². The van der Waals surface area contributed by atoms with E-state index in [-0.39, 0.29) is 23.4 Å². The van der Waals surface area contributed by atoms with Crippen molar-refractivity contribution >= 4 is 16.0 Å². The maximum Gasteiger partial charge on any atom is 0.309 e. The van der Waals surface area contributed by atoms with Gasteiger partial charge in [-0.3, -0.25) is 4.79 Å². The molecule has 0 N–H and O–H groups in total. The third kappa shape index (κ3) is 3.33. The summed E-state index contributed by atoms with van der Waals surface area (Å²) in [6.45, 7) is 0.117. The van der Waals surface area contributed by atoms with Crippen molar-refractivity contribution in [3.63, 3.8) is 0 Å².